The van der Waals surface area contributed by atoms with Crippen molar-refractivity contribution in [2.45, 2.75) is 129 Å². The molecule has 30 heavy (non-hydrogen) atoms. The lowest BCUT2D eigenvalue weighted by atomic mass is 10.0. The maximum absolute atomic E-state index is 11.8. The van der Waals surface area contributed by atoms with Gasteiger partial charge in [-0.1, -0.05) is 96.8 Å². The molecule has 5 N–H and O–H groups in total. The molecule has 0 aliphatic carbocycles. The molecule has 0 aliphatic rings. The van der Waals surface area contributed by atoms with E-state index >= 15 is 0 Å². The van der Waals surface area contributed by atoms with Crippen LogP contribution in [-0.4, -0.2) is 28.5 Å². The lowest BCUT2D eigenvalue weighted by molar-refractivity contribution is -0.121. The molecule has 180 valence electrons. The lowest BCUT2D eigenvalue weighted by Gasteiger charge is -2.13. The molecule has 1 atom stereocenters. The predicted molar refractivity (Wildman–Crippen MR) is 123 cm³/mol. The number of rotatable bonds is 22. The minimum atomic E-state index is -4.54. The van der Waals surface area contributed by atoms with E-state index in [4.69, 9.17) is 15.5 Å². The van der Waals surface area contributed by atoms with Gasteiger partial charge in [0.25, 0.3) is 0 Å². The Morgan fingerprint density at radius 3 is 1.70 bits per heavy atom. The van der Waals surface area contributed by atoms with Crippen LogP contribution < -0.4 is 11.1 Å². The molecule has 0 rings (SSSR count). The van der Waals surface area contributed by atoms with Crippen molar-refractivity contribution < 1.29 is 23.7 Å². The number of carbonyl (C=O) groups is 1. The summed E-state index contributed by atoms with van der Waals surface area (Å²) >= 11 is 0. The topological polar surface area (TPSA) is 122 Å². The highest BCUT2D eigenvalue weighted by Crippen LogP contribution is 2.37. The van der Waals surface area contributed by atoms with Crippen LogP contribution in [0.2, 0.25) is 0 Å². The Labute approximate surface area is 184 Å². The van der Waals surface area contributed by atoms with Gasteiger partial charge in [-0.2, -0.15) is 0 Å². The Bertz CT molecular complexity index is 445. The highest BCUT2D eigenvalue weighted by molar-refractivity contribution is 7.46. The maximum Gasteiger partial charge on any atom is 0.471 e. The molecule has 0 saturated carbocycles. The Kier molecular flexibility index (Phi) is 20.1. The van der Waals surface area contributed by atoms with E-state index < -0.39 is 14.1 Å². The number of phosphoric ester groups is 1. The minimum absolute atomic E-state index is 0.0224. The van der Waals surface area contributed by atoms with Gasteiger partial charge in [0.2, 0.25) is 5.91 Å². The van der Waals surface area contributed by atoms with Gasteiger partial charge in [0.1, 0.15) is 6.23 Å². The van der Waals surface area contributed by atoms with E-state index in [2.05, 4.69) is 16.8 Å². The SMILES string of the molecule is CCCCCCCCCCCCCCCCCC(=O)NCCCC(N)OP(=O)(O)O. The van der Waals surface area contributed by atoms with Gasteiger partial charge in [0.15, 0.2) is 0 Å². The molecule has 1 unspecified atom stereocenters. The molecule has 0 aliphatic heterocycles. The summed E-state index contributed by atoms with van der Waals surface area (Å²) in [5.41, 5.74) is 5.45. The normalized spacial score (nSPS) is 12.8. The van der Waals surface area contributed by atoms with Crippen molar-refractivity contribution in [2.24, 2.45) is 5.73 Å². The lowest BCUT2D eigenvalue weighted by Crippen LogP contribution is -2.27. The van der Waals surface area contributed by atoms with Crippen LogP contribution in [0.15, 0.2) is 0 Å². The number of nitrogens with one attached hydrogen (secondary N) is 1. The third-order valence-electron chi connectivity index (χ3n) is 5.27. The van der Waals surface area contributed by atoms with Crippen LogP contribution in [0.5, 0.6) is 0 Å². The highest BCUT2D eigenvalue weighted by Gasteiger charge is 2.18. The van der Waals surface area contributed by atoms with Gasteiger partial charge in [-0.15, -0.1) is 0 Å². The Balaban J connectivity index is 3.27. The summed E-state index contributed by atoms with van der Waals surface area (Å²) < 4.78 is 15.0. The van der Waals surface area contributed by atoms with Gasteiger partial charge in [-0.3, -0.25) is 9.32 Å². The second-order valence-corrected chi connectivity index (χ2v) is 9.52. The molecule has 0 aromatic carbocycles. The van der Waals surface area contributed by atoms with Crippen molar-refractivity contribution in [2.75, 3.05) is 6.54 Å². The number of phosphoric acid groups is 1. The summed E-state index contributed by atoms with van der Waals surface area (Å²) in [7, 11) is -4.54. The summed E-state index contributed by atoms with van der Waals surface area (Å²) in [6, 6.07) is 0. The zero-order valence-corrected chi connectivity index (χ0v) is 20.1. The fraction of sp³-hybridized carbons (Fsp3) is 0.955. The fourth-order valence-electron chi connectivity index (χ4n) is 3.51. The molecular formula is C22H47N2O5P. The van der Waals surface area contributed by atoms with Gasteiger partial charge in [0, 0.05) is 13.0 Å². The Hall–Kier alpha value is -0.460. The standard InChI is InChI=1S/C22H47N2O5P/c1-2-3-4-5-6-7-8-9-10-11-12-13-14-15-16-19-22(25)24-20-17-18-21(23)29-30(26,27)28/h21H,2-20,23H2,1H3,(H,24,25)(H2,26,27,28). The van der Waals surface area contributed by atoms with Crippen LogP contribution in [0.4, 0.5) is 0 Å². The molecule has 0 saturated heterocycles. The molecule has 0 bridgehead atoms. The summed E-state index contributed by atoms with van der Waals surface area (Å²) in [6.07, 6.45) is 19.9. The molecule has 0 spiro atoms. The molecule has 8 heteroatoms. The van der Waals surface area contributed by atoms with Gasteiger partial charge >= 0.3 is 7.82 Å². The summed E-state index contributed by atoms with van der Waals surface area (Å²) in [4.78, 5) is 29.0. The molecule has 0 heterocycles. The second kappa shape index (κ2) is 20.4. The molecule has 0 radical (unpaired) electrons. The summed E-state index contributed by atoms with van der Waals surface area (Å²) in [6.45, 7) is 2.70. The van der Waals surface area contributed by atoms with E-state index in [9.17, 15) is 9.36 Å². The average Bonchev–Trinajstić information content (AvgIpc) is 2.67. The van der Waals surface area contributed by atoms with Crippen molar-refractivity contribution in [3.05, 3.63) is 0 Å². The van der Waals surface area contributed by atoms with Crippen molar-refractivity contribution >= 4 is 13.7 Å². The summed E-state index contributed by atoms with van der Waals surface area (Å²) in [5.74, 6) is 0.0224. The van der Waals surface area contributed by atoms with E-state index in [-0.39, 0.29) is 12.3 Å². The van der Waals surface area contributed by atoms with Crippen molar-refractivity contribution in [3.8, 4) is 0 Å². The van der Waals surface area contributed by atoms with Crippen LogP contribution in [0.1, 0.15) is 122 Å². The Morgan fingerprint density at radius 2 is 1.27 bits per heavy atom. The monoisotopic (exact) mass is 450 g/mol. The number of amides is 1. The average molecular weight is 451 g/mol. The minimum Gasteiger partial charge on any atom is -0.356 e. The molecule has 0 aromatic rings. The van der Waals surface area contributed by atoms with Crippen LogP contribution in [0.3, 0.4) is 0 Å². The number of hydrogen-bond donors (Lipinski definition) is 4. The number of nitrogens with two attached hydrogens (primary N) is 1. The number of carbonyl (C=O) groups excluding carboxylic acids is 1. The zero-order chi connectivity index (χ0) is 22.5. The third kappa shape index (κ3) is 23.8. The first-order valence-corrected chi connectivity index (χ1v) is 13.6. The fourth-order valence-corrected chi connectivity index (χ4v) is 3.96. The molecule has 0 fully saturated rings. The first-order chi connectivity index (χ1) is 14.3. The second-order valence-electron chi connectivity index (χ2n) is 8.33. The predicted octanol–water partition coefficient (Wildman–Crippen LogP) is 5.54. The van der Waals surface area contributed by atoms with Crippen molar-refractivity contribution in [3.63, 3.8) is 0 Å². The molecule has 1 amide bonds. The number of hydrogen-bond acceptors (Lipinski definition) is 4. The van der Waals surface area contributed by atoms with Crippen LogP contribution >= 0.6 is 7.82 Å². The van der Waals surface area contributed by atoms with E-state index in [0.717, 1.165) is 12.8 Å². The first kappa shape index (κ1) is 29.5. The smallest absolute Gasteiger partial charge is 0.356 e. The van der Waals surface area contributed by atoms with Gasteiger partial charge in [-0.25, -0.2) is 4.57 Å². The zero-order valence-electron chi connectivity index (χ0n) is 19.2. The third-order valence-corrected chi connectivity index (χ3v) is 5.81. The van der Waals surface area contributed by atoms with Crippen LogP contribution in [-0.2, 0) is 13.9 Å². The van der Waals surface area contributed by atoms with Crippen molar-refractivity contribution in [1.82, 2.24) is 5.32 Å². The quantitative estimate of drug-likeness (QED) is 0.0976. The molecule has 7 nitrogen and oxygen atoms in total. The van der Waals surface area contributed by atoms with Crippen molar-refractivity contribution in [1.29, 1.82) is 0 Å². The molecule has 0 aromatic heterocycles. The van der Waals surface area contributed by atoms with E-state index in [0.29, 0.717) is 19.4 Å². The van der Waals surface area contributed by atoms with E-state index in [1.165, 1.54) is 83.5 Å². The van der Waals surface area contributed by atoms with Crippen LogP contribution in [0, 0.1) is 0 Å². The number of unbranched alkanes of at least 4 members (excludes halogenated alkanes) is 14. The van der Waals surface area contributed by atoms with Gasteiger partial charge < -0.3 is 20.8 Å². The van der Waals surface area contributed by atoms with Gasteiger partial charge in [-0.05, 0) is 19.3 Å². The summed E-state index contributed by atoms with van der Waals surface area (Å²) in [5, 5.41) is 2.81. The van der Waals surface area contributed by atoms with E-state index in [1.54, 1.807) is 0 Å². The van der Waals surface area contributed by atoms with Gasteiger partial charge in [0.05, 0.1) is 0 Å². The van der Waals surface area contributed by atoms with E-state index in [1.807, 2.05) is 0 Å². The maximum atomic E-state index is 11.8. The Morgan fingerprint density at radius 1 is 0.833 bits per heavy atom. The van der Waals surface area contributed by atoms with Crippen LogP contribution in [0.25, 0.3) is 0 Å². The largest absolute Gasteiger partial charge is 0.471 e. The highest BCUT2D eigenvalue weighted by atomic mass is 31.2. The molecular weight excluding hydrogens is 403 g/mol. The first-order valence-electron chi connectivity index (χ1n) is 12.1.